The molecular formula is C17H20FNO. The van der Waals surface area contributed by atoms with Crippen LogP contribution < -0.4 is 10.1 Å². The molecule has 2 aromatic rings. The predicted molar refractivity (Wildman–Crippen MR) is 80.7 cm³/mol. The quantitative estimate of drug-likeness (QED) is 0.817. The third kappa shape index (κ3) is 3.98. The minimum atomic E-state index is -0.210. The molecule has 1 atom stereocenters. The number of halogens is 1. The summed E-state index contributed by atoms with van der Waals surface area (Å²) >= 11 is 0. The van der Waals surface area contributed by atoms with Gasteiger partial charge in [-0.25, -0.2) is 4.39 Å². The lowest BCUT2D eigenvalue weighted by Crippen LogP contribution is -2.06. The summed E-state index contributed by atoms with van der Waals surface area (Å²) in [6.07, 6.45) is 1.00. The zero-order valence-electron chi connectivity index (χ0n) is 11.9. The summed E-state index contributed by atoms with van der Waals surface area (Å²) < 4.78 is 18.4. The average molecular weight is 273 g/mol. The standard InChI is InChI=1S/C17H20FNO/c1-3-12-20-17-10-8-16(9-11-17)19-13(2)14-4-6-15(18)7-5-14/h4-11,13,19H,3,12H2,1-2H3. The summed E-state index contributed by atoms with van der Waals surface area (Å²) in [6, 6.07) is 14.6. The zero-order valence-corrected chi connectivity index (χ0v) is 11.9. The van der Waals surface area contributed by atoms with E-state index in [0.29, 0.717) is 0 Å². The van der Waals surface area contributed by atoms with Gasteiger partial charge in [-0.3, -0.25) is 0 Å². The van der Waals surface area contributed by atoms with E-state index in [-0.39, 0.29) is 11.9 Å². The molecule has 0 aromatic heterocycles. The Balaban J connectivity index is 1.97. The zero-order chi connectivity index (χ0) is 14.4. The predicted octanol–water partition coefficient (Wildman–Crippen LogP) is 4.79. The van der Waals surface area contributed by atoms with Gasteiger partial charge in [0.1, 0.15) is 11.6 Å². The Bertz CT molecular complexity index is 522. The van der Waals surface area contributed by atoms with Gasteiger partial charge in [0.15, 0.2) is 0 Å². The summed E-state index contributed by atoms with van der Waals surface area (Å²) in [5, 5.41) is 3.38. The Labute approximate surface area is 119 Å². The molecule has 1 N–H and O–H groups in total. The van der Waals surface area contributed by atoms with E-state index >= 15 is 0 Å². The van der Waals surface area contributed by atoms with Crippen molar-refractivity contribution in [1.82, 2.24) is 0 Å². The number of rotatable bonds is 6. The summed E-state index contributed by atoms with van der Waals surface area (Å²) in [6.45, 7) is 4.87. The van der Waals surface area contributed by atoms with Crippen molar-refractivity contribution >= 4 is 5.69 Å². The average Bonchev–Trinajstić information content (AvgIpc) is 2.47. The van der Waals surface area contributed by atoms with Gasteiger partial charge in [0.25, 0.3) is 0 Å². The van der Waals surface area contributed by atoms with Crippen molar-refractivity contribution in [2.75, 3.05) is 11.9 Å². The highest BCUT2D eigenvalue weighted by atomic mass is 19.1. The molecule has 0 spiro atoms. The highest BCUT2D eigenvalue weighted by molar-refractivity contribution is 5.48. The molecule has 0 aliphatic carbocycles. The van der Waals surface area contributed by atoms with Gasteiger partial charge in [-0.15, -0.1) is 0 Å². The van der Waals surface area contributed by atoms with Crippen LogP contribution in [0.25, 0.3) is 0 Å². The molecule has 0 radical (unpaired) electrons. The molecule has 1 unspecified atom stereocenters. The highest BCUT2D eigenvalue weighted by Crippen LogP contribution is 2.21. The van der Waals surface area contributed by atoms with Crippen LogP contribution in [0.1, 0.15) is 31.9 Å². The van der Waals surface area contributed by atoms with Gasteiger partial charge in [0, 0.05) is 11.7 Å². The van der Waals surface area contributed by atoms with Crippen molar-refractivity contribution in [3.8, 4) is 5.75 Å². The summed E-state index contributed by atoms with van der Waals surface area (Å²) in [5.74, 6) is 0.671. The number of anilines is 1. The van der Waals surface area contributed by atoms with Gasteiger partial charge in [-0.2, -0.15) is 0 Å². The van der Waals surface area contributed by atoms with E-state index in [4.69, 9.17) is 4.74 Å². The van der Waals surface area contributed by atoms with Crippen molar-refractivity contribution in [2.45, 2.75) is 26.3 Å². The normalized spacial score (nSPS) is 11.9. The van der Waals surface area contributed by atoms with Crippen molar-refractivity contribution in [1.29, 1.82) is 0 Å². The van der Waals surface area contributed by atoms with Crippen molar-refractivity contribution < 1.29 is 9.13 Å². The Morgan fingerprint density at radius 3 is 2.30 bits per heavy atom. The molecule has 0 bridgehead atoms. The van der Waals surface area contributed by atoms with E-state index in [9.17, 15) is 4.39 Å². The molecule has 0 heterocycles. The van der Waals surface area contributed by atoms with E-state index in [1.165, 1.54) is 12.1 Å². The number of ether oxygens (including phenoxy) is 1. The molecule has 0 saturated heterocycles. The largest absolute Gasteiger partial charge is 0.494 e. The van der Waals surface area contributed by atoms with E-state index in [2.05, 4.69) is 19.2 Å². The molecule has 20 heavy (non-hydrogen) atoms. The molecule has 0 aliphatic heterocycles. The number of benzene rings is 2. The lowest BCUT2D eigenvalue weighted by Gasteiger charge is -2.16. The van der Waals surface area contributed by atoms with Gasteiger partial charge >= 0.3 is 0 Å². The first kappa shape index (κ1) is 14.4. The van der Waals surface area contributed by atoms with Gasteiger partial charge < -0.3 is 10.1 Å². The lowest BCUT2D eigenvalue weighted by molar-refractivity contribution is 0.317. The van der Waals surface area contributed by atoms with E-state index < -0.39 is 0 Å². The second kappa shape index (κ2) is 6.94. The third-order valence-electron chi connectivity index (χ3n) is 3.08. The fourth-order valence-electron chi connectivity index (χ4n) is 1.95. The van der Waals surface area contributed by atoms with Crippen LogP contribution in [-0.4, -0.2) is 6.61 Å². The van der Waals surface area contributed by atoms with Gasteiger partial charge in [-0.1, -0.05) is 19.1 Å². The van der Waals surface area contributed by atoms with Crippen molar-refractivity contribution in [2.24, 2.45) is 0 Å². The maximum absolute atomic E-state index is 12.9. The van der Waals surface area contributed by atoms with Crippen LogP contribution in [0.3, 0.4) is 0 Å². The molecule has 0 fully saturated rings. The summed E-state index contributed by atoms with van der Waals surface area (Å²) in [5.41, 5.74) is 2.07. The minimum absolute atomic E-state index is 0.123. The molecule has 106 valence electrons. The fraction of sp³-hybridized carbons (Fsp3) is 0.294. The molecule has 2 rings (SSSR count). The van der Waals surface area contributed by atoms with E-state index in [1.54, 1.807) is 12.1 Å². The smallest absolute Gasteiger partial charge is 0.123 e. The highest BCUT2D eigenvalue weighted by Gasteiger charge is 2.05. The van der Waals surface area contributed by atoms with Gasteiger partial charge in [0.2, 0.25) is 0 Å². The maximum atomic E-state index is 12.9. The molecule has 2 nitrogen and oxygen atoms in total. The van der Waals surface area contributed by atoms with Gasteiger partial charge in [-0.05, 0) is 55.3 Å². The van der Waals surface area contributed by atoms with Crippen LogP contribution in [0.2, 0.25) is 0 Å². The number of nitrogens with one attached hydrogen (secondary N) is 1. The molecule has 0 saturated carbocycles. The first-order valence-corrected chi connectivity index (χ1v) is 6.94. The number of hydrogen-bond acceptors (Lipinski definition) is 2. The monoisotopic (exact) mass is 273 g/mol. The van der Waals surface area contributed by atoms with Crippen LogP contribution >= 0.6 is 0 Å². The van der Waals surface area contributed by atoms with E-state index in [1.807, 2.05) is 24.3 Å². The van der Waals surface area contributed by atoms with Crippen LogP contribution in [0, 0.1) is 5.82 Å². The van der Waals surface area contributed by atoms with Crippen LogP contribution in [-0.2, 0) is 0 Å². The lowest BCUT2D eigenvalue weighted by atomic mass is 10.1. The molecular weight excluding hydrogens is 253 g/mol. The Morgan fingerprint density at radius 1 is 1.05 bits per heavy atom. The van der Waals surface area contributed by atoms with Crippen molar-refractivity contribution in [3.63, 3.8) is 0 Å². The second-order valence-corrected chi connectivity index (χ2v) is 4.79. The summed E-state index contributed by atoms with van der Waals surface area (Å²) in [4.78, 5) is 0. The fourth-order valence-corrected chi connectivity index (χ4v) is 1.95. The Kier molecular flexibility index (Phi) is 4.99. The van der Waals surface area contributed by atoms with Crippen LogP contribution in [0.5, 0.6) is 5.75 Å². The van der Waals surface area contributed by atoms with E-state index in [0.717, 1.165) is 30.0 Å². The first-order chi connectivity index (χ1) is 9.69. The topological polar surface area (TPSA) is 21.3 Å². The van der Waals surface area contributed by atoms with Crippen LogP contribution in [0.15, 0.2) is 48.5 Å². The third-order valence-corrected chi connectivity index (χ3v) is 3.08. The maximum Gasteiger partial charge on any atom is 0.123 e. The summed E-state index contributed by atoms with van der Waals surface area (Å²) in [7, 11) is 0. The molecule has 3 heteroatoms. The Morgan fingerprint density at radius 2 is 1.70 bits per heavy atom. The van der Waals surface area contributed by atoms with Crippen molar-refractivity contribution in [3.05, 3.63) is 59.9 Å². The Hall–Kier alpha value is -2.03. The second-order valence-electron chi connectivity index (χ2n) is 4.79. The van der Waals surface area contributed by atoms with Gasteiger partial charge in [0.05, 0.1) is 6.61 Å². The molecule has 0 amide bonds. The SMILES string of the molecule is CCCOc1ccc(NC(C)c2ccc(F)cc2)cc1. The molecule has 2 aromatic carbocycles. The number of hydrogen-bond donors (Lipinski definition) is 1. The van der Waals surface area contributed by atoms with Crippen LogP contribution in [0.4, 0.5) is 10.1 Å². The molecule has 0 aliphatic rings. The minimum Gasteiger partial charge on any atom is -0.494 e. The first-order valence-electron chi connectivity index (χ1n) is 6.94.